The quantitative estimate of drug-likeness (QED) is 0.522. The van der Waals surface area contributed by atoms with Crippen LogP contribution in [-0.4, -0.2) is 54.5 Å². The Kier molecular flexibility index (Phi) is 8.44. The molecule has 1 aliphatic carbocycles. The molecule has 4 N–H and O–H groups in total. The number of nitriles is 1. The van der Waals surface area contributed by atoms with Gasteiger partial charge in [0, 0.05) is 13.0 Å². The number of hydrogen-bond acceptors (Lipinski definition) is 5. The number of hydrogen-bond donors (Lipinski definition) is 3. The molecule has 0 unspecified atom stereocenters. The molecule has 1 saturated carbocycles. The van der Waals surface area contributed by atoms with Gasteiger partial charge in [0.15, 0.2) is 0 Å². The average Bonchev–Trinajstić information content (AvgIpc) is 3.23. The molecular weight excluding hydrogens is 390 g/mol. The lowest BCUT2D eigenvalue weighted by molar-refractivity contribution is -0.131. The van der Waals surface area contributed by atoms with Gasteiger partial charge in [-0.2, -0.15) is 5.26 Å². The first-order chi connectivity index (χ1) is 15.0. The molecule has 31 heavy (non-hydrogen) atoms. The van der Waals surface area contributed by atoms with Crippen LogP contribution in [0.15, 0.2) is 30.3 Å². The van der Waals surface area contributed by atoms with Crippen LogP contribution in [0.3, 0.4) is 0 Å². The normalized spacial score (nSPS) is 20.0. The van der Waals surface area contributed by atoms with Crippen LogP contribution in [0.5, 0.6) is 0 Å². The monoisotopic (exact) mass is 425 g/mol. The molecule has 2 aliphatic rings. The molecule has 7 heteroatoms. The van der Waals surface area contributed by atoms with Gasteiger partial charge in [0.1, 0.15) is 6.04 Å². The van der Waals surface area contributed by atoms with Crippen molar-refractivity contribution in [1.29, 1.82) is 5.26 Å². The molecule has 0 spiro atoms. The predicted octanol–water partition coefficient (Wildman–Crippen LogP) is 1.73. The second kappa shape index (κ2) is 11.3. The van der Waals surface area contributed by atoms with Gasteiger partial charge in [0.25, 0.3) is 0 Å². The molecule has 1 atom stereocenters. The van der Waals surface area contributed by atoms with Crippen LogP contribution in [0.1, 0.15) is 50.5 Å². The van der Waals surface area contributed by atoms with Crippen molar-refractivity contribution in [3.8, 4) is 6.07 Å². The third kappa shape index (κ3) is 6.78. The van der Waals surface area contributed by atoms with Crippen LogP contribution in [-0.2, 0) is 16.0 Å². The Labute approximate surface area is 185 Å². The number of amides is 2. The maximum absolute atomic E-state index is 13.0. The molecule has 168 valence electrons. The second-order valence-corrected chi connectivity index (χ2v) is 9.04. The molecular formula is C24H35N5O2. The van der Waals surface area contributed by atoms with E-state index < -0.39 is 11.6 Å². The van der Waals surface area contributed by atoms with Gasteiger partial charge in [-0.1, -0.05) is 43.2 Å². The molecule has 1 aromatic rings. The van der Waals surface area contributed by atoms with Gasteiger partial charge >= 0.3 is 0 Å². The van der Waals surface area contributed by atoms with E-state index in [1.54, 1.807) is 0 Å². The summed E-state index contributed by atoms with van der Waals surface area (Å²) in [5.41, 5.74) is 6.46. The molecule has 0 bridgehead atoms. The summed E-state index contributed by atoms with van der Waals surface area (Å²) in [5.74, 6) is 0.190. The van der Waals surface area contributed by atoms with Gasteiger partial charge in [0.2, 0.25) is 11.8 Å². The number of rotatable bonds is 9. The van der Waals surface area contributed by atoms with Crippen LogP contribution in [0.2, 0.25) is 0 Å². The van der Waals surface area contributed by atoms with Crippen molar-refractivity contribution < 1.29 is 9.59 Å². The Hall–Kier alpha value is -2.43. The topological polar surface area (TPSA) is 111 Å². The molecule has 1 aromatic carbocycles. The largest absolute Gasteiger partial charge is 0.354 e. The van der Waals surface area contributed by atoms with E-state index in [9.17, 15) is 9.59 Å². The number of likely N-dealkylation sites (tertiary alicyclic amines) is 1. The summed E-state index contributed by atoms with van der Waals surface area (Å²) >= 11 is 0. The summed E-state index contributed by atoms with van der Waals surface area (Å²) < 4.78 is 0. The molecule has 0 radical (unpaired) electrons. The molecule has 3 rings (SSSR count). The zero-order valence-corrected chi connectivity index (χ0v) is 18.3. The average molecular weight is 426 g/mol. The van der Waals surface area contributed by atoms with E-state index in [1.165, 1.54) is 0 Å². The van der Waals surface area contributed by atoms with Crippen LogP contribution in [0.25, 0.3) is 0 Å². The minimum Gasteiger partial charge on any atom is -0.354 e. The lowest BCUT2D eigenvalue weighted by atomic mass is 9.93. The van der Waals surface area contributed by atoms with E-state index in [4.69, 9.17) is 11.0 Å². The summed E-state index contributed by atoms with van der Waals surface area (Å²) in [7, 11) is 0. The first kappa shape index (κ1) is 23.2. The number of piperidine rings is 1. The zero-order valence-electron chi connectivity index (χ0n) is 18.3. The van der Waals surface area contributed by atoms with Crippen molar-refractivity contribution in [2.45, 2.75) is 62.9 Å². The molecule has 1 aliphatic heterocycles. The fraction of sp³-hybridized carbons (Fsp3) is 0.625. The number of carbonyl (C=O) groups excluding carboxylic acids is 2. The zero-order chi connectivity index (χ0) is 22.1. The van der Waals surface area contributed by atoms with Crippen LogP contribution in [0.4, 0.5) is 0 Å². The Morgan fingerprint density at radius 1 is 1.19 bits per heavy atom. The molecule has 2 fully saturated rings. The number of carbonyl (C=O) groups is 2. The summed E-state index contributed by atoms with van der Waals surface area (Å²) in [5, 5.41) is 14.8. The predicted molar refractivity (Wildman–Crippen MR) is 120 cm³/mol. The summed E-state index contributed by atoms with van der Waals surface area (Å²) in [6, 6.07) is 11.3. The highest BCUT2D eigenvalue weighted by Crippen LogP contribution is 2.27. The van der Waals surface area contributed by atoms with Crippen molar-refractivity contribution in [1.82, 2.24) is 15.5 Å². The van der Waals surface area contributed by atoms with E-state index in [2.05, 4.69) is 21.6 Å². The number of benzene rings is 1. The van der Waals surface area contributed by atoms with Crippen molar-refractivity contribution in [2.24, 2.45) is 11.7 Å². The van der Waals surface area contributed by atoms with Crippen molar-refractivity contribution >= 4 is 11.8 Å². The number of nitrogens with zero attached hydrogens (tertiary/aromatic N) is 2. The van der Waals surface area contributed by atoms with Crippen LogP contribution in [0, 0.1) is 17.2 Å². The van der Waals surface area contributed by atoms with E-state index in [1.807, 2.05) is 30.3 Å². The lowest BCUT2D eigenvalue weighted by Crippen LogP contribution is -2.58. The molecule has 2 amide bonds. The van der Waals surface area contributed by atoms with Crippen molar-refractivity contribution in [3.05, 3.63) is 35.9 Å². The highest BCUT2D eigenvalue weighted by Gasteiger charge is 2.38. The van der Waals surface area contributed by atoms with Gasteiger partial charge in [-0.05, 0) is 56.7 Å². The highest BCUT2D eigenvalue weighted by molar-refractivity contribution is 5.92. The summed E-state index contributed by atoms with van der Waals surface area (Å²) in [6.07, 6.45) is 6.71. The highest BCUT2D eigenvalue weighted by atomic mass is 16.2. The first-order valence-corrected chi connectivity index (χ1v) is 11.5. The fourth-order valence-electron chi connectivity index (χ4n) is 4.65. The Morgan fingerprint density at radius 2 is 1.87 bits per heavy atom. The third-order valence-electron chi connectivity index (χ3n) is 6.71. The van der Waals surface area contributed by atoms with Gasteiger partial charge in [-0.25, -0.2) is 0 Å². The molecule has 1 saturated heterocycles. The minimum atomic E-state index is -0.855. The van der Waals surface area contributed by atoms with Gasteiger partial charge in [-0.3, -0.25) is 14.5 Å². The summed E-state index contributed by atoms with van der Waals surface area (Å²) in [6.45, 7) is 2.97. The fourth-order valence-corrected chi connectivity index (χ4v) is 4.65. The maximum Gasteiger partial charge on any atom is 0.242 e. The Bertz CT molecular complexity index is 762. The molecule has 1 heterocycles. The third-order valence-corrected chi connectivity index (χ3v) is 6.71. The van der Waals surface area contributed by atoms with Gasteiger partial charge in [0.05, 0.1) is 18.2 Å². The van der Waals surface area contributed by atoms with E-state index >= 15 is 0 Å². The minimum absolute atomic E-state index is 0.152. The smallest absolute Gasteiger partial charge is 0.242 e. The Balaban J connectivity index is 1.52. The van der Waals surface area contributed by atoms with E-state index in [0.717, 1.165) is 50.8 Å². The van der Waals surface area contributed by atoms with Crippen LogP contribution >= 0.6 is 0 Å². The summed E-state index contributed by atoms with van der Waals surface area (Å²) in [4.78, 5) is 28.0. The molecule has 7 nitrogen and oxygen atoms in total. The Morgan fingerprint density at radius 3 is 2.52 bits per heavy atom. The van der Waals surface area contributed by atoms with Crippen LogP contribution < -0.4 is 16.4 Å². The van der Waals surface area contributed by atoms with Crippen molar-refractivity contribution in [2.75, 3.05) is 26.2 Å². The molecule has 0 aromatic heterocycles. The van der Waals surface area contributed by atoms with Gasteiger partial charge in [-0.15, -0.1) is 0 Å². The van der Waals surface area contributed by atoms with Crippen molar-refractivity contribution in [3.63, 3.8) is 0 Å². The number of nitrogens with two attached hydrogens (primary N) is 1. The maximum atomic E-state index is 13.0. The van der Waals surface area contributed by atoms with E-state index in [-0.39, 0.29) is 11.8 Å². The second-order valence-electron chi connectivity index (χ2n) is 9.04. The van der Waals surface area contributed by atoms with Gasteiger partial charge < -0.3 is 16.4 Å². The SMILES string of the molecule is N#CCN1CCC(CCNC(=O)[C@@H](Cc2ccccc2)NC(=O)C2(N)CCCC2)CC1. The number of nitrogens with one attached hydrogen (secondary N) is 2. The standard InChI is InChI=1S/C24H35N5O2/c25-13-17-29-15-9-19(10-16-29)8-14-27-22(30)21(18-20-6-2-1-3-7-20)28-23(31)24(26)11-4-5-12-24/h1-3,6-7,19,21H,4-5,8-12,14-18,26H2,(H,27,30)(H,28,31)/t21-/m1/s1. The first-order valence-electron chi connectivity index (χ1n) is 11.5. The lowest BCUT2D eigenvalue weighted by Gasteiger charge is -2.30. The van der Waals surface area contributed by atoms with E-state index in [0.29, 0.717) is 38.3 Å².